The van der Waals surface area contributed by atoms with Crippen molar-refractivity contribution in [2.24, 2.45) is 0 Å². The molecule has 0 atom stereocenters. The molecule has 0 aliphatic heterocycles. The van der Waals surface area contributed by atoms with Crippen molar-refractivity contribution in [3.63, 3.8) is 0 Å². The lowest BCUT2D eigenvalue weighted by Gasteiger charge is -2.03. The van der Waals surface area contributed by atoms with Crippen molar-refractivity contribution in [3.05, 3.63) is 89.5 Å². The van der Waals surface area contributed by atoms with E-state index in [1.165, 1.54) is 11.4 Å². The fraction of sp³-hybridized carbons (Fsp3) is 0.200. The third kappa shape index (κ3) is 3.90. The molecular weight excluding hydrogens is 300 g/mol. The monoisotopic (exact) mass is 321 g/mol. The lowest BCUT2D eigenvalue weighted by atomic mass is 10.1. The van der Waals surface area contributed by atoms with E-state index in [1.807, 2.05) is 30.3 Å². The molecule has 1 aromatic heterocycles. The first-order valence-electron chi connectivity index (χ1n) is 8.00. The van der Waals surface area contributed by atoms with Crippen LogP contribution in [0.15, 0.2) is 67.0 Å². The maximum atomic E-state index is 10.7. The highest BCUT2D eigenvalue weighted by Gasteiger charge is 2.13. The molecule has 0 unspecified atom stereocenters. The van der Waals surface area contributed by atoms with Gasteiger partial charge in [0.05, 0.1) is 6.42 Å². The van der Waals surface area contributed by atoms with Gasteiger partial charge in [-0.25, -0.2) is 9.13 Å². The first-order chi connectivity index (χ1) is 11.6. The second-order valence-corrected chi connectivity index (χ2v) is 5.97. The predicted octanol–water partition coefficient (Wildman–Crippen LogP) is 2.81. The average Bonchev–Trinajstić information content (AvgIpc) is 2.90. The van der Waals surface area contributed by atoms with Crippen LogP contribution in [-0.4, -0.2) is 15.6 Å². The minimum absolute atomic E-state index is 0.0693. The molecule has 122 valence electrons. The van der Waals surface area contributed by atoms with E-state index >= 15 is 0 Å². The van der Waals surface area contributed by atoms with Gasteiger partial charge < -0.3 is 5.11 Å². The van der Waals surface area contributed by atoms with Gasteiger partial charge in [-0.15, -0.1) is 0 Å². The molecule has 0 amide bonds. The molecule has 0 radical (unpaired) electrons. The van der Waals surface area contributed by atoms with E-state index in [1.54, 1.807) is 0 Å². The van der Waals surface area contributed by atoms with E-state index in [-0.39, 0.29) is 6.42 Å². The highest BCUT2D eigenvalue weighted by molar-refractivity contribution is 5.70. The summed E-state index contributed by atoms with van der Waals surface area (Å²) < 4.78 is 4.43. The van der Waals surface area contributed by atoms with Gasteiger partial charge in [-0.1, -0.05) is 54.6 Å². The smallest absolute Gasteiger partial charge is 0.307 e. The molecule has 2 aromatic carbocycles. The van der Waals surface area contributed by atoms with Gasteiger partial charge in [0.15, 0.2) is 0 Å². The number of benzene rings is 2. The third-order valence-electron chi connectivity index (χ3n) is 4.18. The third-order valence-corrected chi connectivity index (χ3v) is 4.18. The number of rotatable bonds is 6. The van der Waals surface area contributed by atoms with Gasteiger partial charge in [-0.05, 0) is 16.7 Å². The van der Waals surface area contributed by atoms with Gasteiger partial charge in [-0.2, -0.15) is 0 Å². The Morgan fingerprint density at radius 2 is 1.67 bits per heavy atom. The minimum Gasteiger partial charge on any atom is -0.481 e. The molecule has 3 rings (SSSR count). The quantitative estimate of drug-likeness (QED) is 0.710. The van der Waals surface area contributed by atoms with Crippen LogP contribution in [0.4, 0.5) is 0 Å². The van der Waals surface area contributed by atoms with Crippen molar-refractivity contribution < 1.29 is 14.5 Å². The Bertz CT molecular complexity index is 821. The largest absolute Gasteiger partial charge is 0.481 e. The maximum absolute atomic E-state index is 10.7. The van der Waals surface area contributed by atoms with Crippen molar-refractivity contribution in [1.82, 2.24) is 4.57 Å². The van der Waals surface area contributed by atoms with Gasteiger partial charge in [0, 0.05) is 6.92 Å². The lowest BCUT2D eigenvalue weighted by Crippen LogP contribution is -2.36. The molecule has 0 bridgehead atoms. The van der Waals surface area contributed by atoms with E-state index < -0.39 is 5.97 Å². The van der Waals surface area contributed by atoms with Crippen molar-refractivity contribution >= 4 is 5.97 Å². The first kappa shape index (κ1) is 16.0. The number of hydrogen-bond donors (Lipinski definition) is 1. The summed E-state index contributed by atoms with van der Waals surface area (Å²) in [4.78, 5) is 10.7. The molecule has 0 spiro atoms. The Morgan fingerprint density at radius 3 is 2.33 bits per heavy atom. The van der Waals surface area contributed by atoms with Crippen molar-refractivity contribution in [3.8, 4) is 0 Å². The number of carboxylic acids is 1. The summed E-state index contributed by atoms with van der Waals surface area (Å²) in [6, 6.07) is 18.2. The van der Waals surface area contributed by atoms with E-state index in [9.17, 15) is 4.79 Å². The highest BCUT2D eigenvalue weighted by Crippen LogP contribution is 2.09. The standard InChI is InChI=1S/C20H20N2O2/c1-16-21(14-18-5-3-2-4-6-18)11-12-22(16)15-19-9-7-17(8-10-19)13-20(23)24/h2-12H,13-15H2,1H3/p+1. The summed E-state index contributed by atoms with van der Waals surface area (Å²) in [5.41, 5.74) is 3.27. The summed E-state index contributed by atoms with van der Waals surface area (Å²) in [6.07, 6.45) is 4.25. The van der Waals surface area contributed by atoms with Crippen LogP contribution in [0.5, 0.6) is 0 Å². The predicted molar refractivity (Wildman–Crippen MR) is 91.8 cm³/mol. The zero-order valence-corrected chi connectivity index (χ0v) is 13.7. The van der Waals surface area contributed by atoms with E-state index in [0.717, 1.165) is 24.2 Å². The summed E-state index contributed by atoms with van der Waals surface area (Å²) >= 11 is 0. The number of carbonyl (C=O) groups is 1. The fourth-order valence-corrected chi connectivity index (χ4v) is 2.79. The average molecular weight is 321 g/mol. The molecule has 0 saturated carbocycles. The van der Waals surface area contributed by atoms with Crippen LogP contribution in [0.2, 0.25) is 0 Å². The van der Waals surface area contributed by atoms with E-state index in [0.29, 0.717) is 0 Å². The normalized spacial score (nSPS) is 10.7. The fourth-order valence-electron chi connectivity index (χ4n) is 2.79. The van der Waals surface area contributed by atoms with Crippen molar-refractivity contribution in [1.29, 1.82) is 0 Å². The molecule has 0 fully saturated rings. The Kier molecular flexibility index (Phi) is 4.75. The molecule has 4 heteroatoms. The van der Waals surface area contributed by atoms with E-state index in [4.69, 9.17) is 5.11 Å². The number of imidazole rings is 1. The molecule has 1 heterocycles. The number of carboxylic acid groups (broad SMARTS) is 1. The Balaban J connectivity index is 1.71. The molecule has 0 aliphatic carbocycles. The van der Waals surface area contributed by atoms with Crippen LogP contribution in [0.1, 0.15) is 22.5 Å². The number of aliphatic carboxylic acids is 1. The van der Waals surface area contributed by atoms with Gasteiger partial charge in [0.25, 0.3) is 5.82 Å². The first-order valence-corrected chi connectivity index (χ1v) is 8.00. The molecule has 0 aliphatic rings. The molecule has 0 saturated heterocycles. The maximum Gasteiger partial charge on any atom is 0.307 e. The zero-order valence-electron chi connectivity index (χ0n) is 13.7. The van der Waals surface area contributed by atoms with Crippen molar-refractivity contribution in [2.75, 3.05) is 0 Å². The molecule has 24 heavy (non-hydrogen) atoms. The van der Waals surface area contributed by atoms with Gasteiger partial charge in [0.2, 0.25) is 0 Å². The summed E-state index contributed by atoms with van der Waals surface area (Å²) in [6.45, 7) is 3.75. The Morgan fingerprint density at radius 1 is 1.00 bits per heavy atom. The van der Waals surface area contributed by atoms with Crippen LogP contribution in [0.25, 0.3) is 0 Å². The highest BCUT2D eigenvalue weighted by atomic mass is 16.4. The van der Waals surface area contributed by atoms with Crippen LogP contribution in [-0.2, 0) is 24.3 Å². The van der Waals surface area contributed by atoms with Gasteiger partial charge in [-0.3, -0.25) is 4.79 Å². The number of nitrogens with zero attached hydrogens (tertiary/aromatic N) is 2. The van der Waals surface area contributed by atoms with Gasteiger partial charge in [0.1, 0.15) is 25.5 Å². The second-order valence-electron chi connectivity index (χ2n) is 5.97. The molecule has 4 nitrogen and oxygen atoms in total. The minimum atomic E-state index is -0.800. The molecular formula is C20H21N2O2+. The van der Waals surface area contributed by atoms with Crippen molar-refractivity contribution in [2.45, 2.75) is 26.4 Å². The van der Waals surface area contributed by atoms with Gasteiger partial charge >= 0.3 is 5.97 Å². The summed E-state index contributed by atoms with van der Waals surface area (Å²) in [7, 11) is 0. The Hall–Kier alpha value is -2.88. The number of aromatic nitrogens is 2. The second kappa shape index (κ2) is 7.13. The Labute approximate surface area is 141 Å². The van der Waals surface area contributed by atoms with E-state index in [2.05, 4.69) is 52.7 Å². The molecule has 3 aromatic rings. The van der Waals surface area contributed by atoms with Crippen LogP contribution in [0.3, 0.4) is 0 Å². The van der Waals surface area contributed by atoms with Crippen LogP contribution < -0.4 is 4.57 Å². The molecule has 1 N–H and O–H groups in total. The van der Waals surface area contributed by atoms with Crippen LogP contribution in [0, 0.1) is 6.92 Å². The lowest BCUT2D eigenvalue weighted by molar-refractivity contribution is -0.693. The zero-order chi connectivity index (χ0) is 16.9. The van der Waals surface area contributed by atoms with Crippen LogP contribution >= 0.6 is 0 Å². The summed E-state index contributed by atoms with van der Waals surface area (Å²) in [5, 5.41) is 8.82. The SMILES string of the molecule is Cc1n(Cc2ccc(CC(=O)O)cc2)cc[n+]1Cc1ccccc1. The summed E-state index contributed by atoms with van der Waals surface area (Å²) in [5.74, 6) is 0.388. The number of hydrogen-bond acceptors (Lipinski definition) is 1. The topological polar surface area (TPSA) is 46.1 Å².